The Balaban J connectivity index is 1.96. The molecule has 1 heterocycles. The fraction of sp³-hybridized carbons (Fsp3) is 0.562. The van der Waals surface area contributed by atoms with Crippen molar-refractivity contribution in [3.8, 4) is 11.5 Å². The number of nitrogens with two attached hydrogens (primary N) is 1. The molecule has 2 rings (SSSR count). The number of fused-ring (bicyclic) bond motifs is 1. The van der Waals surface area contributed by atoms with Gasteiger partial charge in [-0.25, -0.2) is 0 Å². The van der Waals surface area contributed by atoms with Gasteiger partial charge in [0.2, 0.25) is 0 Å². The largest absolute Gasteiger partial charge is 0.491 e. The van der Waals surface area contributed by atoms with Crippen molar-refractivity contribution in [1.82, 2.24) is 5.32 Å². The number of carbonyl (C=O) groups is 1. The molecule has 0 bridgehead atoms. The molecular weight excluding hydrogens is 268 g/mol. The summed E-state index contributed by atoms with van der Waals surface area (Å²) in [5.41, 5.74) is 6.88. The molecule has 0 spiro atoms. The van der Waals surface area contributed by atoms with Crippen LogP contribution >= 0.6 is 0 Å². The van der Waals surface area contributed by atoms with Gasteiger partial charge in [0, 0.05) is 17.7 Å². The number of nitrogens with one attached hydrogen (secondary N) is 1. The summed E-state index contributed by atoms with van der Waals surface area (Å²) in [7, 11) is 0. The Bertz CT molecular complexity index is 500. The number of hydrogen-bond donors (Lipinski definition) is 2. The minimum Gasteiger partial charge on any atom is -0.491 e. The highest BCUT2D eigenvalue weighted by Crippen LogP contribution is 2.34. The fourth-order valence-electron chi connectivity index (χ4n) is 2.36. The molecule has 5 heteroatoms. The van der Waals surface area contributed by atoms with Crippen molar-refractivity contribution in [2.45, 2.75) is 51.8 Å². The van der Waals surface area contributed by atoms with Crippen LogP contribution in [0.3, 0.4) is 0 Å². The van der Waals surface area contributed by atoms with Crippen LogP contribution in [0.1, 0.15) is 45.2 Å². The van der Waals surface area contributed by atoms with Gasteiger partial charge in [0.05, 0.1) is 6.04 Å². The van der Waals surface area contributed by atoms with E-state index in [2.05, 4.69) is 19.2 Å². The van der Waals surface area contributed by atoms with Crippen molar-refractivity contribution < 1.29 is 14.3 Å². The number of rotatable bonds is 6. The van der Waals surface area contributed by atoms with Gasteiger partial charge in [-0.2, -0.15) is 0 Å². The van der Waals surface area contributed by atoms with Gasteiger partial charge in [-0.15, -0.1) is 0 Å². The molecule has 21 heavy (non-hydrogen) atoms. The second-order valence-corrected chi connectivity index (χ2v) is 5.40. The third-order valence-electron chi connectivity index (χ3n) is 3.82. The number of ether oxygens (including phenoxy) is 2. The van der Waals surface area contributed by atoms with E-state index in [1.807, 2.05) is 12.1 Å². The Labute approximate surface area is 125 Å². The van der Waals surface area contributed by atoms with Crippen LogP contribution in [-0.2, 0) is 4.79 Å². The average Bonchev–Trinajstić information content (AvgIpc) is 2.85. The van der Waals surface area contributed by atoms with Crippen molar-refractivity contribution in [3.63, 3.8) is 0 Å². The molecule has 0 saturated heterocycles. The van der Waals surface area contributed by atoms with Gasteiger partial charge in [0.25, 0.3) is 5.91 Å². The summed E-state index contributed by atoms with van der Waals surface area (Å²) in [5, 5.41) is 2.98. The lowest BCUT2D eigenvalue weighted by molar-refractivity contribution is -0.128. The quantitative estimate of drug-likeness (QED) is 0.842. The van der Waals surface area contributed by atoms with E-state index < -0.39 is 6.10 Å². The zero-order valence-electron chi connectivity index (χ0n) is 12.9. The molecule has 0 aliphatic carbocycles. The van der Waals surface area contributed by atoms with E-state index in [-0.39, 0.29) is 18.0 Å². The van der Waals surface area contributed by atoms with Crippen LogP contribution < -0.4 is 20.5 Å². The Kier molecular flexibility index (Phi) is 5.07. The van der Waals surface area contributed by atoms with Gasteiger partial charge in [-0.3, -0.25) is 4.79 Å². The molecule has 0 aromatic heterocycles. The number of benzene rings is 1. The molecule has 0 saturated carbocycles. The minimum absolute atomic E-state index is 0.0790. The van der Waals surface area contributed by atoms with Gasteiger partial charge < -0.3 is 20.5 Å². The maximum atomic E-state index is 12.1. The van der Waals surface area contributed by atoms with E-state index in [1.165, 1.54) is 0 Å². The first-order valence-electron chi connectivity index (χ1n) is 7.54. The van der Waals surface area contributed by atoms with Crippen LogP contribution in [0.2, 0.25) is 0 Å². The molecule has 116 valence electrons. The zero-order chi connectivity index (χ0) is 15.4. The maximum absolute atomic E-state index is 12.1. The van der Waals surface area contributed by atoms with E-state index in [4.69, 9.17) is 15.2 Å². The van der Waals surface area contributed by atoms with E-state index in [9.17, 15) is 4.79 Å². The van der Waals surface area contributed by atoms with Gasteiger partial charge in [0.1, 0.15) is 18.1 Å². The second-order valence-electron chi connectivity index (χ2n) is 5.40. The molecule has 1 aromatic rings. The molecule has 1 aliphatic heterocycles. The molecule has 3 N–H and O–H groups in total. The first-order valence-corrected chi connectivity index (χ1v) is 7.54. The van der Waals surface area contributed by atoms with Crippen molar-refractivity contribution in [2.24, 2.45) is 5.73 Å². The standard InChI is InChI=1S/C16H24N2O3/c1-4-11(5-2)18-16(19)10(3)21-12-6-7-13-14(17)9-20-15(13)8-12/h6-8,10-11,14H,4-5,9,17H2,1-3H3,(H,18,19). The van der Waals surface area contributed by atoms with Crippen LogP contribution in [0.4, 0.5) is 0 Å². The lowest BCUT2D eigenvalue weighted by Gasteiger charge is -2.19. The monoisotopic (exact) mass is 292 g/mol. The molecule has 2 atom stereocenters. The zero-order valence-corrected chi connectivity index (χ0v) is 12.9. The maximum Gasteiger partial charge on any atom is 0.260 e. The lowest BCUT2D eigenvalue weighted by atomic mass is 10.1. The van der Waals surface area contributed by atoms with Crippen molar-refractivity contribution in [3.05, 3.63) is 23.8 Å². The summed E-state index contributed by atoms with van der Waals surface area (Å²) in [5.74, 6) is 1.27. The van der Waals surface area contributed by atoms with Crippen molar-refractivity contribution in [2.75, 3.05) is 6.61 Å². The molecule has 1 aromatic carbocycles. The number of hydrogen-bond acceptors (Lipinski definition) is 4. The van der Waals surface area contributed by atoms with Crippen molar-refractivity contribution in [1.29, 1.82) is 0 Å². The van der Waals surface area contributed by atoms with Crippen LogP contribution in [0.25, 0.3) is 0 Å². The highest BCUT2D eigenvalue weighted by atomic mass is 16.5. The molecule has 0 fully saturated rings. The normalized spacial score (nSPS) is 18.0. The fourth-order valence-corrected chi connectivity index (χ4v) is 2.36. The third-order valence-corrected chi connectivity index (χ3v) is 3.82. The summed E-state index contributed by atoms with van der Waals surface area (Å²) in [6.07, 6.45) is 1.29. The van der Waals surface area contributed by atoms with Crippen LogP contribution in [0, 0.1) is 0 Å². The number of carbonyl (C=O) groups excluding carboxylic acids is 1. The topological polar surface area (TPSA) is 73.6 Å². The first kappa shape index (κ1) is 15.6. The lowest BCUT2D eigenvalue weighted by Crippen LogP contribution is -2.42. The summed E-state index contributed by atoms with van der Waals surface area (Å²) in [6, 6.07) is 5.64. The third kappa shape index (κ3) is 3.67. The van der Waals surface area contributed by atoms with Crippen molar-refractivity contribution >= 4 is 5.91 Å². The van der Waals surface area contributed by atoms with Gasteiger partial charge in [0.15, 0.2) is 6.10 Å². The van der Waals surface area contributed by atoms with Gasteiger partial charge >= 0.3 is 0 Å². The van der Waals surface area contributed by atoms with E-state index in [0.717, 1.165) is 24.2 Å². The number of amides is 1. The Morgan fingerprint density at radius 1 is 1.48 bits per heavy atom. The van der Waals surface area contributed by atoms with E-state index in [0.29, 0.717) is 12.4 Å². The molecule has 2 unspecified atom stereocenters. The van der Waals surface area contributed by atoms with Crippen LogP contribution in [0.15, 0.2) is 18.2 Å². The molecule has 1 aliphatic rings. The molecule has 5 nitrogen and oxygen atoms in total. The summed E-state index contributed by atoms with van der Waals surface area (Å²) in [6.45, 7) is 6.35. The highest BCUT2D eigenvalue weighted by Gasteiger charge is 2.22. The highest BCUT2D eigenvalue weighted by molar-refractivity contribution is 5.81. The Hall–Kier alpha value is -1.75. The second kappa shape index (κ2) is 6.80. The van der Waals surface area contributed by atoms with Gasteiger partial charge in [-0.05, 0) is 31.9 Å². The molecule has 0 radical (unpaired) electrons. The summed E-state index contributed by atoms with van der Waals surface area (Å²) >= 11 is 0. The predicted octanol–water partition coefficient (Wildman–Crippen LogP) is 2.15. The van der Waals surface area contributed by atoms with Crippen LogP contribution in [-0.4, -0.2) is 24.7 Å². The van der Waals surface area contributed by atoms with E-state index in [1.54, 1.807) is 13.0 Å². The van der Waals surface area contributed by atoms with Gasteiger partial charge in [-0.1, -0.05) is 13.8 Å². The smallest absolute Gasteiger partial charge is 0.260 e. The minimum atomic E-state index is -0.543. The first-order chi connectivity index (χ1) is 10.0. The van der Waals surface area contributed by atoms with E-state index >= 15 is 0 Å². The summed E-state index contributed by atoms with van der Waals surface area (Å²) in [4.78, 5) is 12.1. The summed E-state index contributed by atoms with van der Waals surface area (Å²) < 4.78 is 11.2. The SMILES string of the molecule is CCC(CC)NC(=O)C(C)Oc1ccc2c(c1)OCC2N. The Morgan fingerprint density at radius 2 is 2.19 bits per heavy atom. The predicted molar refractivity (Wildman–Crippen MR) is 81.5 cm³/mol. The molecular formula is C16H24N2O3. The average molecular weight is 292 g/mol. The molecule has 1 amide bonds. The van der Waals surface area contributed by atoms with Crippen LogP contribution in [0.5, 0.6) is 11.5 Å². The Morgan fingerprint density at radius 3 is 2.86 bits per heavy atom.